The summed E-state index contributed by atoms with van der Waals surface area (Å²) in [5, 5.41) is 2.93. The number of carbonyl (C=O) groups is 1. The third-order valence-electron chi connectivity index (χ3n) is 6.26. The highest BCUT2D eigenvalue weighted by Crippen LogP contribution is 2.25. The molecule has 2 atom stereocenters. The fourth-order valence-corrected chi connectivity index (χ4v) is 6.16. The number of amides is 1. The second-order valence-electron chi connectivity index (χ2n) is 9.01. The quantitative estimate of drug-likeness (QED) is 0.628. The molecule has 0 aliphatic carbocycles. The van der Waals surface area contributed by atoms with Gasteiger partial charge in [-0.25, -0.2) is 8.42 Å². The van der Waals surface area contributed by atoms with Crippen LogP contribution >= 0.6 is 0 Å². The van der Waals surface area contributed by atoms with Gasteiger partial charge in [-0.3, -0.25) is 9.69 Å². The molecule has 2 aromatic rings. The van der Waals surface area contributed by atoms with Crippen LogP contribution in [-0.2, 0) is 27.7 Å². The predicted molar refractivity (Wildman–Crippen MR) is 128 cm³/mol. The predicted octanol–water partition coefficient (Wildman–Crippen LogP) is 2.66. The molecule has 4 rings (SSSR count). The second kappa shape index (κ2) is 10.3. The zero-order valence-electron chi connectivity index (χ0n) is 19.4. The molecule has 2 aliphatic heterocycles. The van der Waals surface area contributed by atoms with Crippen LogP contribution in [0.1, 0.15) is 41.8 Å². The Morgan fingerprint density at radius 3 is 2.55 bits per heavy atom. The number of rotatable bonds is 7. The Morgan fingerprint density at radius 2 is 1.79 bits per heavy atom. The Balaban J connectivity index is 1.34. The van der Waals surface area contributed by atoms with Crippen LogP contribution in [0, 0.1) is 0 Å². The molecular weight excluding hydrogens is 438 g/mol. The summed E-state index contributed by atoms with van der Waals surface area (Å²) in [7, 11) is -3.68. The van der Waals surface area contributed by atoms with Gasteiger partial charge in [0.15, 0.2) is 0 Å². The van der Waals surface area contributed by atoms with Crippen molar-refractivity contribution in [1.82, 2.24) is 14.5 Å². The molecule has 1 N–H and O–H groups in total. The average molecular weight is 472 g/mol. The van der Waals surface area contributed by atoms with E-state index in [2.05, 4.69) is 24.1 Å². The van der Waals surface area contributed by atoms with Gasteiger partial charge in [0.05, 0.1) is 17.1 Å². The Kier molecular flexibility index (Phi) is 7.48. The highest BCUT2D eigenvalue weighted by Gasteiger charge is 2.28. The molecule has 0 spiro atoms. The number of ether oxygens (including phenoxy) is 1. The fraction of sp³-hybridized carbons (Fsp3) is 0.480. The fourth-order valence-electron chi connectivity index (χ4n) is 4.70. The summed E-state index contributed by atoms with van der Waals surface area (Å²) in [5.74, 6) is -0.250. The van der Waals surface area contributed by atoms with E-state index >= 15 is 0 Å². The maximum absolute atomic E-state index is 13.2. The molecule has 0 saturated carbocycles. The van der Waals surface area contributed by atoms with Crippen LogP contribution in [0.25, 0.3) is 0 Å². The maximum atomic E-state index is 13.2. The van der Waals surface area contributed by atoms with Crippen molar-refractivity contribution in [2.24, 2.45) is 0 Å². The number of sulfonamides is 1. The van der Waals surface area contributed by atoms with Gasteiger partial charge in [-0.05, 0) is 56.0 Å². The Morgan fingerprint density at radius 1 is 1.06 bits per heavy atom. The van der Waals surface area contributed by atoms with E-state index < -0.39 is 10.0 Å². The first-order valence-corrected chi connectivity index (χ1v) is 13.1. The number of morpholine rings is 1. The van der Waals surface area contributed by atoms with E-state index in [4.69, 9.17) is 4.74 Å². The Bertz CT molecular complexity index is 1080. The van der Waals surface area contributed by atoms with Gasteiger partial charge in [-0.1, -0.05) is 30.3 Å². The van der Waals surface area contributed by atoms with Crippen molar-refractivity contribution in [1.29, 1.82) is 0 Å². The zero-order valence-corrected chi connectivity index (χ0v) is 20.2. The largest absolute Gasteiger partial charge is 0.373 e. The number of fused-ring (bicyclic) bond motifs is 1. The summed E-state index contributed by atoms with van der Waals surface area (Å²) >= 11 is 0. The SMILES string of the molecule is CC1CN(CCCNC(=O)c2cccc(S(=O)(=O)N3CCc4ccccc4C3)c2)CC(C)O1. The van der Waals surface area contributed by atoms with E-state index in [1.54, 1.807) is 18.2 Å². The van der Waals surface area contributed by atoms with Crippen molar-refractivity contribution in [2.75, 3.05) is 32.7 Å². The van der Waals surface area contributed by atoms with E-state index in [9.17, 15) is 13.2 Å². The molecule has 1 saturated heterocycles. The number of carbonyl (C=O) groups excluding carboxylic acids is 1. The third kappa shape index (κ3) is 5.81. The molecule has 7 nitrogen and oxygen atoms in total. The summed E-state index contributed by atoms with van der Waals surface area (Å²) in [6.45, 7) is 8.19. The lowest BCUT2D eigenvalue weighted by molar-refractivity contribution is -0.0680. The van der Waals surface area contributed by atoms with E-state index in [-0.39, 0.29) is 23.0 Å². The summed E-state index contributed by atoms with van der Waals surface area (Å²) in [5.41, 5.74) is 2.59. The molecule has 0 bridgehead atoms. The monoisotopic (exact) mass is 471 g/mol. The normalized spacial score (nSPS) is 22.0. The van der Waals surface area contributed by atoms with Crippen LogP contribution in [0.4, 0.5) is 0 Å². The van der Waals surface area contributed by atoms with Gasteiger partial charge in [0.25, 0.3) is 5.91 Å². The highest BCUT2D eigenvalue weighted by atomic mass is 32.2. The van der Waals surface area contributed by atoms with Crippen molar-refractivity contribution >= 4 is 15.9 Å². The summed E-state index contributed by atoms with van der Waals surface area (Å²) < 4.78 is 33.7. The molecule has 2 unspecified atom stereocenters. The van der Waals surface area contributed by atoms with Crippen LogP contribution in [0.2, 0.25) is 0 Å². The minimum atomic E-state index is -3.68. The Hall–Kier alpha value is -2.26. The second-order valence-corrected chi connectivity index (χ2v) is 10.9. The van der Waals surface area contributed by atoms with Gasteiger partial charge in [0, 0.05) is 44.8 Å². The van der Waals surface area contributed by atoms with Crippen molar-refractivity contribution in [3.05, 3.63) is 65.2 Å². The van der Waals surface area contributed by atoms with Crippen LogP contribution in [0.5, 0.6) is 0 Å². The molecule has 33 heavy (non-hydrogen) atoms. The van der Waals surface area contributed by atoms with Gasteiger partial charge in [0.2, 0.25) is 10.0 Å². The molecular formula is C25H33N3O4S. The number of nitrogens with one attached hydrogen (secondary N) is 1. The smallest absolute Gasteiger partial charge is 0.251 e. The van der Waals surface area contributed by atoms with Crippen molar-refractivity contribution in [3.63, 3.8) is 0 Å². The molecule has 1 amide bonds. The highest BCUT2D eigenvalue weighted by molar-refractivity contribution is 7.89. The standard InChI is InChI=1S/C25H33N3O4S/c1-19-16-27(17-20(2)32-19)13-6-12-26-25(29)22-9-5-10-24(15-22)33(30,31)28-14-11-21-7-3-4-8-23(21)18-28/h3-5,7-10,15,19-20H,6,11-14,16-18H2,1-2H3,(H,26,29). The van der Waals surface area contributed by atoms with Crippen LogP contribution in [-0.4, -0.2) is 68.5 Å². The number of hydrogen-bond acceptors (Lipinski definition) is 5. The van der Waals surface area contributed by atoms with Crippen molar-refractivity contribution in [3.8, 4) is 0 Å². The first-order chi connectivity index (χ1) is 15.8. The van der Waals surface area contributed by atoms with E-state index in [0.29, 0.717) is 31.6 Å². The molecule has 0 radical (unpaired) electrons. The summed E-state index contributed by atoms with van der Waals surface area (Å²) in [4.78, 5) is 15.2. The molecule has 2 heterocycles. The molecule has 1 fully saturated rings. The average Bonchev–Trinajstić information content (AvgIpc) is 2.81. The van der Waals surface area contributed by atoms with Gasteiger partial charge >= 0.3 is 0 Å². The molecule has 178 valence electrons. The van der Waals surface area contributed by atoms with E-state index in [1.807, 2.05) is 24.3 Å². The number of nitrogens with zero attached hydrogens (tertiary/aromatic N) is 2. The number of benzene rings is 2. The molecule has 8 heteroatoms. The first-order valence-electron chi connectivity index (χ1n) is 11.7. The maximum Gasteiger partial charge on any atom is 0.251 e. The molecule has 0 aromatic heterocycles. The van der Waals surface area contributed by atoms with Gasteiger partial charge in [-0.15, -0.1) is 0 Å². The van der Waals surface area contributed by atoms with Crippen molar-refractivity contribution < 1.29 is 17.9 Å². The first kappa shape index (κ1) is 23.9. The van der Waals surface area contributed by atoms with Gasteiger partial charge < -0.3 is 10.1 Å². The summed E-state index contributed by atoms with van der Waals surface area (Å²) in [6.07, 6.45) is 1.97. The van der Waals surface area contributed by atoms with Gasteiger partial charge in [0.1, 0.15) is 0 Å². The summed E-state index contributed by atoms with van der Waals surface area (Å²) in [6, 6.07) is 14.3. The topological polar surface area (TPSA) is 79.0 Å². The van der Waals surface area contributed by atoms with Crippen LogP contribution < -0.4 is 5.32 Å². The van der Waals surface area contributed by atoms with Crippen LogP contribution in [0.15, 0.2) is 53.4 Å². The molecule has 2 aliphatic rings. The minimum Gasteiger partial charge on any atom is -0.373 e. The van der Waals surface area contributed by atoms with Gasteiger partial charge in [-0.2, -0.15) is 4.31 Å². The molecule has 2 aromatic carbocycles. The van der Waals surface area contributed by atoms with E-state index in [1.165, 1.54) is 15.9 Å². The lowest BCUT2D eigenvalue weighted by Crippen LogP contribution is -2.46. The lowest BCUT2D eigenvalue weighted by Gasteiger charge is -2.35. The minimum absolute atomic E-state index is 0.158. The Labute approximate surface area is 196 Å². The van der Waals surface area contributed by atoms with Crippen LogP contribution in [0.3, 0.4) is 0 Å². The van der Waals surface area contributed by atoms with Crippen molar-refractivity contribution in [2.45, 2.75) is 50.3 Å². The van der Waals surface area contributed by atoms with E-state index in [0.717, 1.165) is 31.6 Å². The number of hydrogen-bond donors (Lipinski definition) is 1. The lowest BCUT2D eigenvalue weighted by atomic mass is 10.0. The zero-order chi connectivity index (χ0) is 23.4. The third-order valence-corrected chi connectivity index (χ3v) is 8.10.